The summed E-state index contributed by atoms with van der Waals surface area (Å²) in [6.07, 6.45) is 1.42. The van der Waals surface area contributed by atoms with E-state index in [9.17, 15) is 14.4 Å². The van der Waals surface area contributed by atoms with E-state index in [1.807, 2.05) is 0 Å². The normalized spacial score (nSPS) is 13.0. The number of anilines is 2. The topological polar surface area (TPSA) is 79.6 Å². The Morgan fingerprint density at radius 2 is 1.65 bits per heavy atom. The van der Waals surface area contributed by atoms with E-state index in [0.717, 1.165) is 10.5 Å². The van der Waals surface area contributed by atoms with Crippen LogP contribution in [0.2, 0.25) is 0 Å². The highest BCUT2D eigenvalue weighted by atomic mass is 16.3. The molecule has 0 radical (unpaired) electrons. The number of nitrogens with one attached hydrogen (secondary N) is 1. The van der Waals surface area contributed by atoms with E-state index in [-0.39, 0.29) is 23.5 Å². The Labute approximate surface area is 149 Å². The summed E-state index contributed by atoms with van der Waals surface area (Å²) in [6, 6.07) is 14.9. The van der Waals surface area contributed by atoms with Crippen LogP contribution in [-0.4, -0.2) is 17.7 Å². The van der Waals surface area contributed by atoms with Gasteiger partial charge in [0.1, 0.15) is 0 Å². The lowest BCUT2D eigenvalue weighted by molar-refractivity contribution is 0.0924. The molecule has 2 aromatic carbocycles. The molecule has 6 nitrogen and oxygen atoms in total. The summed E-state index contributed by atoms with van der Waals surface area (Å²) in [6.45, 7) is 1.79. The van der Waals surface area contributed by atoms with Gasteiger partial charge < -0.3 is 9.73 Å². The third-order valence-electron chi connectivity index (χ3n) is 4.26. The summed E-state index contributed by atoms with van der Waals surface area (Å²) in [5.41, 5.74) is 2.55. The molecule has 0 fully saturated rings. The number of carbonyl (C=O) groups is 3. The predicted molar refractivity (Wildman–Crippen MR) is 95.4 cm³/mol. The van der Waals surface area contributed by atoms with Gasteiger partial charge in [-0.05, 0) is 55.0 Å². The average molecular weight is 346 g/mol. The summed E-state index contributed by atoms with van der Waals surface area (Å²) in [5.74, 6) is -0.866. The molecule has 2 heterocycles. The van der Waals surface area contributed by atoms with Gasteiger partial charge in [0.15, 0.2) is 5.76 Å². The number of amides is 3. The van der Waals surface area contributed by atoms with E-state index in [2.05, 4.69) is 5.32 Å². The number of carbonyl (C=O) groups excluding carboxylic acids is 3. The van der Waals surface area contributed by atoms with Crippen molar-refractivity contribution in [3.8, 4) is 0 Å². The van der Waals surface area contributed by atoms with Crippen LogP contribution in [0.1, 0.15) is 36.8 Å². The number of hydrogen-bond acceptors (Lipinski definition) is 4. The lowest BCUT2D eigenvalue weighted by Gasteiger charge is -2.16. The van der Waals surface area contributed by atoms with E-state index in [0.29, 0.717) is 22.5 Å². The first-order chi connectivity index (χ1) is 12.6. The molecule has 26 heavy (non-hydrogen) atoms. The highest BCUT2D eigenvalue weighted by Crippen LogP contribution is 2.30. The molecule has 0 bridgehead atoms. The summed E-state index contributed by atoms with van der Waals surface area (Å²) in [5, 5.41) is 2.75. The standard InChI is InChI=1S/C20H14N2O4/c1-12-11-13(8-9-16(12)21-18(23)17-7-4-10-26-17)22-19(24)14-5-2-3-6-15(14)20(22)25/h2-11H,1H3,(H,21,23). The van der Waals surface area contributed by atoms with Crippen molar-refractivity contribution in [2.75, 3.05) is 10.2 Å². The van der Waals surface area contributed by atoms with Crippen molar-refractivity contribution in [2.45, 2.75) is 6.92 Å². The molecule has 0 aliphatic carbocycles. The summed E-state index contributed by atoms with van der Waals surface area (Å²) in [7, 11) is 0. The van der Waals surface area contributed by atoms with Crippen molar-refractivity contribution in [3.05, 3.63) is 83.3 Å². The lowest BCUT2D eigenvalue weighted by atomic mass is 10.1. The second kappa shape index (κ2) is 6.00. The minimum Gasteiger partial charge on any atom is -0.459 e. The van der Waals surface area contributed by atoms with Crippen LogP contribution in [-0.2, 0) is 0 Å². The van der Waals surface area contributed by atoms with Crippen LogP contribution in [0, 0.1) is 6.92 Å². The molecule has 1 aliphatic rings. The van der Waals surface area contributed by atoms with E-state index < -0.39 is 0 Å². The zero-order valence-corrected chi connectivity index (χ0v) is 13.9. The predicted octanol–water partition coefficient (Wildman–Crippen LogP) is 3.64. The van der Waals surface area contributed by atoms with Crippen LogP contribution < -0.4 is 10.2 Å². The molecular weight excluding hydrogens is 332 g/mol. The summed E-state index contributed by atoms with van der Waals surface area (Å²) >= 11 is 0. The Hall–Kier alpha value is -3.67. The van der Waals surface area contributed by atoms with Crippen molar-refractivity contribution < 1.29 is 18.8 Å². The van der Waals surface area contributed by atoms with Gasteiger partial charge in [-0.15, -0.1) is 0 Å². The van der Waals surface area contributed by atoms with Crippen LogP contribution in [0.15, 0.2) is 65.3 Å². The number of aryl methyl sites for hydroxylation is 1. The van der Waals surface area contributed by atoms with E-state index in [1.54, 1.807) is 61.5 Å². The van der Waals surface area contributed by atoms with Crippen molar-refractivity contribution in [2.24, 2.45) is 0 Å². The van der Waals surface area contributed by atoms with E-state index >= 15 is 0 Å². The average Bonchev–Trinajstić information content (AvgIpc) is 3.26. The van der Waals surface area contributed by atoms with Crippen molar-refractivity contribution >= 4 is 29.1 Å². The Morgan fingerprint density at radius 1 is 0.962 bits per heavy atom. The van der Waals surface area contributed by atoms with Gasteiger partial charge in [0.2, 0.25) is 0 Å². The van der Waals surface area contributed by atoms with Gasteiger partial charge in [-0.1, -0.05) is 12.1 Å². The Bertz CT molecular complexity index is 1000. The number of nitrogens with zero attached hydrogens (tertiary/aromatic N) is 1. The maximum atomic E-state index is 12.6. The zero-order chi connectivity index (χ0) is 18.3. The van der Waals surface area contributed by atoms with Crippen molar-refractivity contribution in [1.82, 2.24) is 0 Å². The zero-order valence-electron chi connectivity index (χ0n) is 13.9. The van der Waals surface area contributed by atoms with E-state index in [1.165, 1.54) is 6.26 Å². The largest absolute Gasteiger partial charge is 0.459 e. The highest BCUT2D eigenvalue weighted by molar-refractivity contribution is 6.34. The molecule has 0 unspecified atom stereocenters. The van der Waals surface area contributed by atoms with Crippen LogP contribution in [0.3, 0.4) is 0 Å². The first-order valence-electron chi connectivity index (χ1n) is 7.99. The Balaban J connectivity index is 1.62. The quantitative estimate of drug-likeness (QED) is 0.734. The first kappa shape index (κ1) is 15.8. The minimum atomic E-state index is -0.369. The molecule has 0 spiro atoms. The molecule has 128 valence electrons. The smallest absolute Gasteiger partial charge is 0.291 e. The Kier molecular flexibility index (Phi) is 3.65. The van der Waals surface area contributed by atoms with Crippen molar-refractivity contribution in [3.63, 3.8) is 0 Å². The SMILES string of the molecule is Cc1cc(N2C(=O)c3ccccc3C2=O)ccc1NC(=O)c1ccco1. The first-order valence-corrected chi connectivity index (χ1v) is 7.99. The van der Waals surface area contributed by atoms with E-state index in [4.69, 9.17) is 4.42 Å². The fraction of sp³-hybridized carbons (Fsp3) is 0.0500. The second-order valence-electron chi connectivity index (χ2n) is 5.92. The number of benzene rings is 2. The van der Waals surface area contributed by atoms with Crippen LogP contribution in [0.5, 0.6) is 0 Å². The molecule has 4 rings (SSSR count). The van der Waals surface area contributed by atoms with Gasteiger partial charge in [-0.3, -0.25) is 14.4 Å². The minimum absolute atomic E-state index is 0.203. The van der Waals surface area contributed by atoms with Gasteiger partial charge in [-0.2, -0.15) is 0 Å². The van der Waals surface area contributed by atoms with Crippen molar-refractivity contribution in [1.29, 1.82) is 0 Å². The van der Waals surface area contributed by atoms with Crippen LogP contribution >= 0.6 is 0 Å². The van der Waals surface area contributed by atoms with Gasteiger partial charge in [0.25, 0.3) is 17.7 Å². The molecule has 1 N–H and O–H groups in total. The molecule has 6 heteroatoms. The molecule has 0 atom stereocenters. The summed E-state index contributed by atoms with van der Waals surface area (Å²) in [4.78, 5) is 38.4. The number of furan rings is 1. The fourth-order valence-electron chi connectivity index (χ4n) is 2.94. The summed E-state index contributed by atoms with van der Waals surface area (Å²) < 4.78 is 5.07. The van der Waals surface area contributed by atoms with Gasteiger partial charge in [-0.25, -0.2) is 4.90 Å². The maximum Gasteiger partial charge on any atom is 0.291 e. The van der Waals surface area contributed by atoms with Gasteiger partial charge in [0, 0.05) is 5.69 Å². The number of imide groups is 1. The van der Waals surface area contributed by atoms with Gasteiger partial charge >= 0.3 is 0 Å². The lowest BCUT2D eigenvalue weighted by Crippen LogP contribution is -2.29. The number of rotatable bonds is 3. The molecule has 0 saturated carbocycles. The van der Waals surface area contributed by atoms with Crippen LogP contribution in [0.25, 0.3) is 0 Å². The third kappa shape index (κ3) is 2.48. The Morgan fingerprint density at radius 3 is 2.23 bits per heavy atom. The molecule has 3 aromatic rings. The third-order valence-corrected chi connectivity index (χ3v) is 4.26. The molecule has 1 aromatic heterocycles. The highest BCUT2D eigenvalue weighted by Gasteiger charge is 2.36. The second-order valence-corrected chi connectivity index (χ2v) is 5.92. The van der Waals surface area contributed by atoms with Gasteiger partial charge in [0.05, 0.1) is 23.1 Å². The van der Waals surface area contributed by atoms with Crippen LogP contribution in [0.4, 0.5) is 11.4 Å². The maximum absolute atomic E-state index is 12.6. The number of hydrogen-bond donors (Lipinski definition) is 1. The molecule has 0 saturated heterocycles. The fourth-order valence-corrected chi connectivity index (χ4v) is 2.94. The molecular formula is C20H14N2O4. The monoisotopic (exact) mass is 346 g/mol. The molecule has 1 aliphatic heterocycles. The number of fused-ring (bicyclic) bond motifs is 1. The molecule has 3 amide bonds.